The zero-order valence-corrected chi connectivity index (χ0v) is 18.1. The third-order valence-corrected chi connectivity index (χ3v) is 5.86. The predicted molar refractivity (Wildman–Crippen MR) is 119 cm³/mol. The van der Waals surface area contributed by atoms with Crippen LogP contribution in [-0.4, -0.2) is 71.1 Å². The minimum atomic E-state index is -0.424. The number of amides is 1. The largest absolute Gasteiger partial charge is 0.351 e. The fourth-order valence-electron chi connectivity index (χ4n) is 3.88. The molecule has 8 nitrogen and oxygen atoms in total. The highest BCUT2D eigenvalue weighted by Crippen LogP contribution is 2.10. The van der Waals surface area contributed by atoms with Crippen LogP contribution in [0.3, 0.4) is 0 Å². The van der Waals surface area contributed by atoms with Crippen molar-refractivity contribution in [2.75, 3.05) is 45.8 Å². The van der Waals surface area contributed by atoms with E-state index >= 15 is 0 Å². The van der Waals surface area contributed by atoms with Crippen molar-refractivity contribution in [2.24, 2.45) is 0 Å². The summed E-state index contributed by atoms with van der Waals surface area (Å²) in [6.07, 6.45) is 2.78. The molecule has 1 aromatic heterocycles. The van der Waals surface area contributed by atoms with Gasteiger partial charge in [0.15, 0.2) is 0 Å². The van der Waals surface area contributed by atoms with Crippen LogP contribution in [0, 0.1) is 0 Å². The first-order valence-electron chi connectivity index (χ1n) is 11.0. The minimum absolute atomic E-state index is 0.197. The van der Waals surface area contributed by atoms with Crippen molar-refractivity contribution in [1.29, 1.82) is 0 Å². The Morgan fingerprint density at radius 1 is 1.03 bits per heavy atom. The molecule has 8 heteroatoms. The molecule has 30 heavy (non-hydrogen) atoms. The number of carbonyl (C=O) groups is 1. The molecule has 0 aliphatic carbocycles. The molecule has 2 N–H and O–H groups in total. The second-order valence-electron chi connectivity index (χ2n) is 7.89. The van der Waals surface area contributed by atoms with E-state index in [9.17, 15) is 14.4 Å². The Kier molecular flexibility index (Phi) is 7.81. The molecule has 0 atom stereocenters. The lowest BCUT2D eigenvalue weighted by Crippen LogP contribution is -2.48. The average molecular weight is 416 g/mol. The summed E-state index contributed by atoms with van der Waals surface area (Å²) < 4.78 is 1.25. The molecule has 0 unspecified atom stereocenters. The van der Waals surface area contributed by atoms with Crippen LogP contribution >= 0.6 is 0 Å². The van der Waals surface area contributed by atoms with Crippen molar-refractivity contribution in [3.63, 3.8) is 0 Å². The second-order valence-corrected chi connectivity index (χ2v) is 7.89. The maximum atomic E-state index is 12.7. The summed E-state index contributed by atoms with van der Waals surface area (Å²) in [4.78, 5) is 45.0. The van der Waals surface area contributed by atoms with Gasteiger partial charge in [0, 0.05) is 51.4 Å². The number of aromatic amines is 1. The molecule has 2 aromatic rings. The van der Waals surface area contributed by atoms with E-state index in [1.165, 1.54) is 4.57 Å². The monoisotopic (exact) mass is 415 g/mol. The van der Waals surface area contributed by atoms with E-state index in [1.807, 2.05) is 0 Å². The van der Waals surface area contributed by atoms with Crippen LogP contribution < -0.4 is 16.6 Å². The smallest absolute Gasteiger partial charge is 0.328 e. The maximum Gasteiger partial charge on any atom is 0.328 e. The van der Waals surface area contributed by atoms with E-state index < -0.39 is 5.69 Å². The molecule has 0 spiro atoms. The molecular formula is C22H33N5O3. The van der Waals surface area contributed by atoms with E-state index in [1.54, 1.807) is 18.2 Å². The summed E-state index contributed by atoms with van der Waals surface area (Å²) in [5.41, 5.74) is 0.118. The van der Waals surface area contributed by atoms with Crippen LogP contribution in [0.2, 0.25) is 0 Å². The number of aromatic nitrogens is 2. The van der Waals surface area contributed by atoms with Crippen molar-refractivity contribution in [1.82, 2.24) is 24.7 Å². The summed E-state index contributed by atoms with van der Waals surface area (Å²) >= 11 is 0. The van der Waals surface area contributed by atoms with Crippen molar-refractivity contribution in [3.8, 4) is 0 Å². The molecule has 1 aromatic carbocycles. The number of likely N-dealkylation sites (N-methyl/N-ethyl adjacent to an activating group) is 1. The standard InChI is InChI=1S/C22H33N5O3/c1-3-5-6-10-27-21(29)18-8-7-17(16-19(18)24-22(27)30)20(28)23-9-11-26-14-12-25(4-2)13-15-26/h7-8,16H,3-6,9-15H2,1-2H3,(H,23,28)(H,24,30). The molecule has 1 amide bonds. The van der Waals surface area contributed by atoms with Gasteiger partial charge in [-0.05, 0) is 31.2 Å². The first-order chi connectivity index (χ1) is 14.5. The van der Waals surface area contributed by atoms with Crippen molar-refractivity contribution < 1.29 is 4.79 Å². The van der Waals surface area contributed by atoms with Crippen molar-refractivity contribution >= 4 is 16.8 Å². The van der Waals surface area contributed by atoms with Crippen LogP contribution in [0.4, 0.5) is 0 Å². The molecule has 1 aliphatic heterocycles. The van der Waals surface area contributed by atoms with Crippen LogP contribution in [0.1, 0.15) is 43.5 Å². The van der Waals surface area contributed by atoms with E-state index in [0.717, 1.165) is 58.5 Å². The van der Waals surface area contributed by atoms with Gasteiger partial charge in [0.05, 0.1) is 10.9 Å². The second kappa shape index (κ2) is 10.5. The topological polar surface area (TPSA) is 90.4 Å². The van der Waals surface area contributed by atoms with E-state index in [0.29, 0.717) is 29.6 Å². The zero-order valence-electron chi connectivity index (χ0n) is 18.1. The van der Waals surface area contributed by atoms with E-state index in [2.05, 4.69) is 33.9 Å². The third-order valence-electron chi connectivity index (χ3n) is 5.86. The van der Waals surface area contributed by atoms with Crippen LogP contribution in [0.25, 0.3) is 10.9 Å². The van der Waals surface area contributed by atoms with Gasteiger partial charge >= 0.3 is 5.69 Å². The number of H-pyrrole nitrogens is 1. The Labute approximate surface area is 176 Å². The fourth-order valence-corrected chi connectivity index (χ4v) is 3.88. The predicted octanol–water partition coefficient (Wildman–Crippen LogP) is 1.25. The van der Waals surface area contributed by atoms with Gasteiger partial charge in [-0.2, -0.15) is 0 Å². The molecule has 0 bridgehead atoms. The molecule has 164 valence electrons. The lowest BCUT2D eigenvalue weighted by molar-refractivity contribution is 0.0938. The number of nitrogens with zero attached hydrogens (tertiary/aromatic N) is 3. The Balaban J connectivity index is 1.62. The van der Waals surface area contributed by atoms with Gasteiger partial charge in [-0.3, -0.25) is 19.1 Å². The molecular weight excluding hydrogens is 382 g/mol. The van der Waals surface area contributed by atoms with Gasteiger partial charge in [0.25, 0.3) is 11.5 Å². The normalized spacial score (nSPS) is 15.5. The maximum absolute atomic E-state index is 12.7. The lowest BCUT2D eigenvalue weighted by Gasteiger charge is -2.33. The first kappa shape index (κ1) is 22.2. The Bertz CT molecular complexity index is 973. The summed E-state index contributed by atoms with van der Waals surface area (Å²) in [5.74, 6) is -0.197. The van der Waals surface area contributed by atoms with Crippen LogP contribution in [0.15, 0.2) is 27.8 Å². The number of nitrogens with one attached hydrogen (secondary N) is 2. The minimum Gasteiger partial charge on any atom is -0.351 e. The summed E-state index contributed by atoms with van der Waals surface area (Å²) in [6, 6.07) is 4.86. The van der Waals surface area contributed by atoms with Crippen LogP contribution in [-0.2, 0) is 6.54 Å². The average Bonchev–Trinajstić information content (AvgIpc) is 2.76. The lowest BCUT2D eigenvalue weighted by atomic mass is 10.1. The Hall–Kier alpha value is -2.45. The van der Waals surface area contributed by atoms with E-state index in [4.69, 9.17) is 0 Å². The molecule has 1 aliphatic rings. The number of piperazine rings is 1. The van der Waals surface area contributed by atoms with Crippen LogP contribution in [0.5, 0.6) is 0 Å². The number of unbranched alkanes of at least 4 members (excludes halogenated alkanes) is 2. The molecule has 0 saturated carbocycles. The molecule has 1 fully saturated rings. The third kappa shape index (κ3) is 5.37. The zero-order chi connectivity index (χ0) is 21.5. The van der Waals surface area contributed by atoms with Gasteiger partial charge in [-0.15, -0.1) is 0 Å². The Morgan fingerprint density at radius 3 is 2.47 bits per heavy atom. The van der Waals surface area contributed by atoms with Crippen molar-refractivity contribution in [3.05, 3.63) is 44.6 Å². The number of rotatable bonds is 9. The highest BCUT2D eigenvalue weighted by molar-refractivity contribution is 5.97. The van der Waals surface area contributed by atoms with Gasteiger partial charge in [0.1, 0.15) is 0 Å². The summed E-state index contributed by atoms with van der Waals surface area (Å²) in [5, 5.41) is 3.37. The number of benzene rings is 1. The van der Waals surface area contributed by atoms with Crippen molar-refractivity contribution in [2.45, 2.75) is 39.7 Å². The number of hydrogen-bond donors (Lipinski definition) is 2. The highest BCUT2D eigenvalue weighted by atomic mass is 16.2. The molecule has 0 radical (unpaired) electrons. The number of hydrogen-bond acceptors (Lipinski definition) is 5. The SMILES string of the molecule is CCCCCn1c(=O)[nH]c2cc(C(=O)NCCN3CCN(CC)CC3)ccc2c1=O. The summed E-state index contributed by atoms with van der Waals surface area (Å²) in [6.45, 7) is 11.3. The van der Waals surface area contributed by atoms with Gasteiger partial charge in [0.2, 0.25) is 0 Å². The highest BCUT2D eigenvalue weighted by Gasteiger charge is 2.16. The molecule has 1 saturated heterocycles. The van der Waals surface area contributed by atoms with Gasteiger partial charge < -0.3 is 15.2 Å². The molecule has 2 heterocycles. The van der Waals surface area contributed by atoms with E-state index in [-0.39, 0.29) is 11.5 Å². The fraction of sp³-hybridized carbons (Fsp3) is 0.591. The summed E-state index contributed by atoms with van der Waals surface area (Å²) in [7, 11) is 0. The number of carbonyl (C=O) groups excluding carboxylic acids is 1. The molecule has 3 rings (SSSR count). The number of fused-ring (bicyclic) bond motifs is 1. The Morgan fingerprint density at radius 2 is 1.77 bits per heavy atom. The van der Waals surface area contributed by atoms with Gasteiger partial charge in [-0.25, -0.2) is 4.79 Å². The quantitative estimate of drug-likeness (QED) is 0.602. The first-order valence-corrected chi connectivity index (χ1v) is 11.0. The van der Waals surface area contributed by atoms with Gasteiger partial charge in [-0.1, -0.05) is 26.7 Å².